The number of carbonyl (C=O) groups is 1. The second-order valence-electron chi connectivity index (χ2n) is 6.65. The van der Waals surface area contributed by atoms with E-state index in [9.17, 15) is 13.6 Å². The predicted molar refractivity (Wildman–Crippen MR) is 94.6 cm³/mol. The van der Waals surface area contributed by atoms with Crippen molar-refractivity contribution in [3.05, 3.63) is 28.8 Å². The molecule has 1 saturated heterocycles. The first-order valence-corrected chi connectivity index (χ1v) is 9.17. The van der Waals surface area contributed by atoms with Gasteiger partial charge in [-0.2, -0.15) is 0 Å². The molecular weight excluding hydrogens is 346 g/mol. The number of carbonyl (C=O) groups excluding carboxylic acids is 1. The highest BCUT2D eigenvalue weighted by Crippen LogP contribution is 2.29. The predicted octanol–water partition coefficient (Wildman–Crippen LogP) is 2.29. The molecule has 0 saturated carbocycles. The van der Waals surface area contributed by atoms with Gasteiger partial charge >= 0.3 is 0 Å². The van der Waals surface area contributed by atoms with Gasteiger partial charge in [0.2, 0.25) is 5.91 Å². The van der Waals surface area contributed by atoms with E-state index in [-0.39, 0.29) is 23.4 Å². The van der Waals surface area contributed by atoms with Gasteiger partial charge in [-0.05, 0) is 39.5 Å². The number of likely N-dealkylation sites (N-methyl/N-ethyl adjacent to an activating group) is 1. The Morgan fingerprint density at radius 3 is 2.96 bits per heavy atom. The molecule has 1 aromatic carbocycles. The first-order chi connectivity index (χ1) is 11.9. The minimum absolute atomic E-state index is 0.0232. The summed E-state index contributed by atoms with van der Waals surface area (Å²) in [5, 5.41) is 6.86. The van der Waals surface area contributed by atoms with Crippen LogP contribution in [0.15, 0.2) is 12.1 Å². The lowest BCUT2D eigenvalue weighted by Gasteiger charge is -2.26. The van der Waals surface area contributed by atoms with E-state index >= 15 is 0 Å². The highest BCUT2D eigenvalue weighted by Gasteiger charge is 2.26. The fraction of sp³-hybridized carbons (Fsp3) is 0.529. The van der Waals surface area contributed by atoms with Gasteiger partial charge < -0.3 is 15.5 Å². The number of halogens is 2. The molecule has 2 unspecified atom stereocenters. The lowest BCUT2D eigenvalue weighted by atomic mass is 9.98. The molecule has 2 heterocycles. The van der Waals surface area contributed by atoms with E-state index in [1.165, 1.54) is 17.4 Å². The number of amides is 1. The molecule has 25 heavy (non-hydrogen) atoms. The Labute approximate surface area is 149 Å². The summed E-state index contributed by atoms with van der Waals surface area (Å²) in [6.07, 6.45) is 1.83. The number of thiazole rings is 1. The van der Waals surface area contributed by atoms with Gasteiger partial charge in [0.1, 0.15) is 16.3 Å². The van der Waals surface area contributed by atoms with Crippen LogP contribution in [-0.2, 0) is 4.79 Å². The average molecular weight is 368 g/mol. The van der Waals surface area contributed by atoms with E-state index < -0.39 is 11.6 Å². The van der Waals surface area contributed by atoms with Crippen molar-refractivity contribution in [2.24, 2.45) is 5.92 Å². The van der Waals surface area contributed by atoms with Crippen LogP contribution in [-0.4, -0.2) is 49.5 Å². The van der Waals surface area contributed by atoms with Crippen molar-refractivity contribution in [3.63, 3.8) is 0 Å². The largest absolute Gasteiger partial charge is 0.345 e. The quantitative estimate of drug-likeness (QED) is 0.850. The number of piperidine rings is 1. The third-order valence-corrected chi connectivity index (χ3v) is 5.38. The molecule has 5 nitrogen and oxygen atoms in total. The summed E-state index contributed by atoms with van der Waals surface area (Å²) in [5.74, 6) is -1.39. The van der Waals surface area contributed by atoms with Gasteiger partial charge in [0.05, 0.1) is 16.7 Å². The van der Waals surface area contributed by atoms with Crippen LogP contribution >= 0.6 is 11.3 Å². The molecule has 1 aromatic heterocycles. The molecule has 3 rings (SSSR count). The third kappa shape index (κ3) is 4.31. The van der Waals surface area contributed by atoms with E-state index in [1.54, 1.807) is 0 Å². The van der Waals surface area contributed by atoms with Crippen molar-refractivity contribution in [1.82, 2.24) is 20.5 Å². The molecule has 0 spiro atoms. The molecule has 136 valence electrons. The molecule has 2 aromatic rings. The maximum Gasteiger partial charge on any atom is 0.225 e. The zero-order valence-electron chi connectivity index (χ0n) is 14.3. The molecular formula is C17H22F2N4OS. The third-order valence-electron chi connectivity index (χ3n) is 4.26. The zero-order chi connectivity index (χ0) is 18.0. The fourth-order valence-electron chi connectivity index (χ4n) is 3.04. The molecule has 0 aliphatic carbocycles. The molecule has 8 heteroatoms. The smallest absolute Gasteiger partial charge is 0.225 e. The summed E-state index contributed by atoms with van der Waals surface area (Å²) in [6, 6.07) is 1.75. The van der Waals surface area contributed by atoms with Crippen molar-refractivity contribution in [2.75, 3.05) is 33.7 Å². The highest BCUT2D eigenvalue weighted by molar-refractivity contribution is 7.18. The van der Waals surface area contributed by atoms with E-state index in [0.717, 1.165) is 25.5 Å². The van der Waals surface area contributed by atoms with Gasteiger partial charge in [-0.15, -0.1) is 11.3 Å². The van der Waals surface area contributed by atoms with Crippen LogP contribution in [0, 0.1) is 17.6 Å². The molecule has 1 aliphatic rings. The van der Waals surface area contributed by atoms with Crippen LogP contribution in [0.2, 0.25) is 0 Å². The van der Waals surface area contributed by atoms with Gasteiger partial charge in [-0.25, -0.2) is 13.8 Å². The summed E-state index contributed by atoms with van der Waals surface area (Å²) in [7, 11) is 3.80. The van der Waals surface area contributed by atoms with Crippen molar-refractivity contribution in [2.45, 2.75) is 18.9 Å². The molecule has 1 fully saturated rings. The van der Waals surface area contributed by atoms with Crippen LogP contribution in [0.1, 0.15) is 23.9 Å². The van der Waals surface area contributed by atoms with Crippen LogP contribution in [0.4, 0.5) is 8.78 Å². The molecule has 1 amide bonds. The monoisotopic (exact) mass is 368 g/mol. The first-order valence-electron chi connectivity index (χ1n) is 8.35. The normalized spacial score (nSPS) is 19.3. The lowest BCUT2D eigenvalue weighted by Crippen LogP contribution is -2.43. The van der Waals surface area contributed by atoms with E-state index in [2.05, 4.69) is 15.6 Å². The molecule has 1 aliphatic heterocycles. The van der Waals surface area contributed by atoms with Crippen LogP contribution in [0.3, 0.4) is 0 Å². The summed E-state index contributed by atoms with van der Waals surface area (Å²) < 4.78 is 27.8. The Balaban J connectivity index is 1.85. The topological polar surface area (TPSA) is 57.3 Å². The number of rotatable bonds is 5. The van der Waals surface area contributed by atoms with Gasteiger partial charge in [0, 0.05) is 19.2 Å². The Kier molecular flexibility index (Phi) is 5.61. The standard InChI is InChI=1S/C17H22F2N4OS/c1-23(2)9-13(21-16(24)10-4-3-5-20-8-10)17-22-15-12(19)6-11(18)7-14(15)25-17/h6-7,10,13,20H,3-5,8-9H2,1-2H3,(H,21,24). The Bertz CT molecular complexity index is 758. The fourth-order valence-corrected chi connectivity index (χ4v) is 4.09. The first kappa shape index (κ1) is 18.2. The van der Waals surface area contributed by atoms with Crippen molar-refractivity contribution < 1.29 is 13.6 Å². The summed E-state index contributed by atoms with van der Waals surface area (Å²) in [6.45, 7) is 2.14. The lowest BCUT2D eigenvalue weighted by molar-refractivity contribution is -0.126. The number of hydrogen-bond acceptors (Lipinski definition) is 5. The van der Waals surface area contributed by atoms with Gasteiger partial charge in [0.25, 0.3) is 0 Å². The average Bonchev–Trinajstić information content (AvgIpc) is 2.99. The number of nitrogens with zero attached hydrogens (tertiary/aromatic N) is 2. The minimum atomic E-state index is -0.677. The molecule has 0 bridgehead atoms. The number of aromatic nitrogens is 1. The van der Waals surface area contributed by atoms with E-state index in [1.807, 2.05) is 19.0 Å². The second kappa shape index (κ2) is 7.72. The van der Waals surface area contributed by atoms with Gasteiger partial charge in [0.15, 0.2) is 5.82 Å². The van der Waals surface area contributed by atoms with Crippen molar-refractivity contribution in [1.29, 1.82) is 0 Å². The molecule has 2 N–H and O–H groups in total. The Morgan fingerprint density at radius 2 is 2.28 bits per heavy atom. The van der Waals surface area contributed by atoms with Gasteiger partial charge in [-0.1, -0.05) is 0 Å². The van der Waals surface area contributed by atoms with Crippen molar-refractivity contribution in [3.8, 4) is 0 Å². The Hall–Kier alpha value is -1.64. The number of hydrogen-bond donors (Lipinski definition) is 2. The van der Waals surface area contributed by atoms with Crippen LogP contribution < -0.4 is 10.6 Å². The summed E-state index contributed by atoms with van der Waals surface area (Å²) in [4.78, 5) is 18.8. The second-order valence-corrected chi connectivity index (χ2v) is 7.72. The molecule has 2 atom stereocenters. The van der Waals surface area contributed by atoms with Crippen LogP contribution in [0.25, 0.3) is 10.2 Å². The SMILES string of the molecule is CN(C)CC(NC(=O)C1CCCNC1)c1nc2c(F)cc(F)cc2s1. The number of fused-ring (bicyclic) bond motifs is 1. The minimum Gasteiger partial charge on any atom is -0.345 e. The van der Waals surface area contributed by atoms with Crippen LogP contribution in [0.5, 0.6) is 0 Å². The van der Waals surface area contributed by atoms with Crippen molar-refractivity contribution >= 4 is 27.5 Å². The maximum atomic E-state index is 13.9. The highest BCUT2D eigenvalue weighted by atomic mass is 32.1. The molecule has 0 radical (unpaired) electrons. The summed E-state index contributed by atoms with van der Waals surface area (Å²) >= 11 is 1.22. The Morgan fingerprint density at radius 1 is 1.48 bits per heavy atom. The van der Waals surface area contributed by atoms with E-state index in [0.29, 0.717) is 22.8 Å². The zero-order valence-corrected chi connectivity index (χ0v) is 15.1. The summed E-state index contributed by atoms with van der Waals surface area (Å²) in [5.41, 5.74) is 0.152. The maximum absolute atomic E-state index is 13.9. The number of benzene rings is 1. The van der Waals surface area contributed by atoms with E-state index in [4.69, 9.17) is 0 Å². The number of nitrogens with one attached hydrogen (secondary N) is 2. The van der Waals surface area contributed by atoms with Gasteiger partial charge in [-0.3, -0.25) is 4.79 Å².